The van der Waals surface area contributed by atoms with E-state index in [1.165, 1.54) is 5.39 Å². The molecule has 0 aliphatic heterocycles. The summed E-state index contributed by atoms with van der Waals surface area (Å²) in [4.78, 5) is 7.66. The maximum atomic E-state index is 10.1. The van der Waals surface area contributed by atoms with Gasteiger partial charge in [0.2, 0.25) is 0 Å². The highest BCUT2D eigenvalue weighted by Crippen LogP contribution is 2.29. The van der Waals surface area contributed by atoms with Crippen molar-refractivity contribution in [2.45, 2.75) is 6.54 Å². The Labute approximate surface area is 141 Å². The number of para-hydroxylation sites is 1. The van der Waals surface area contributed by atoms with Crippen molar-refractivity contribution in [3.8, 4) is 17.0 Å². The van der Waals surface area contributed by atoms with E-state index in [9.17, 15) is 5.11 Å². The number of aromatic amines is 1. The van der Waals surface area contributed by atoms with Crippen molar-refractivity contribution in [3.63, 3.8) is 0 Å². The SMILES string of the molecule is Oc1ccccc1-c1cncn1Cc1cc2cc(Br)ccc2[nH]1. The largest absolute Gasteiger partial charge is 0.507 e. The minimum Gasteiger partial charge on any atom is -0.507 e. The van der Waals surface area contributed by atoms with Crippen LogP contribution in [0.25, 0.3) is 22.2 Å². The van der Waals surface area contributed by atoms with Gasteiger partial charge in [-0.15, -0.1) is 0 Å². The lowest BCUT2D eigenvalue weighted by Gasteiger charge is -2.08. The van der Waals surface area contributed by atoms with Crippen LogP contribution in [0.1, 0.15) is 5.69 Å². The van der Waals surface area contributed by atoms with E-state index in [0.717, 1.165) is 26.9 Å². The van der Waals surface area contributed by atoms with E-state index in [-0.39, 0.29) is 5.75 Å². The van der Waals surface area contributed by atoms with Gasteiger partial charge < -0.3 is 14.7 Å². The van der Waals surface area contributed by atoms with Crippen LogP contribution in [0.5, 0.6) is 5.75 Å². The quantitative estimate of drug-likeness (QED) is 0.558. The number of benzene rings is 2. The van der Waals surface area contributed by atoms with E-state index in [1.54, 1.807) is 18.6 Å². The standard InChI is InChI=1S/C18H14BrN3O/c19-13-5-6-16-12(7-13)8-14(21-16)10-22-11-20-9-17(22)15-3-1-2-4-18(15)23/h1-9,11,21,23H,10H2. The van der Waals surface area contributed by atoms with Gasteiger partial charge in [-0.25, -0.2) is 4.98 Å². The summed E-state index contributed by atoms with van der Waals surface area (Å²) in [5.41, 5.74) is 3.87. The molecule has 2 heterocycles. The molecular formula is C18H14BrN3O. The van der Waals surface area contributed by atoms with E-state index in [0.29, 0.717) is 6.54 Å². The fourth-order valence-corrected chi connectivity index (χ4v) is 3.17. The van der Waals surface area contributed by atoms with Crippen LogP contribution < -0.4 is 0 Å². The fraction of sp³-hybridized carbons (Fsp3) is 0.0556. The van der Waals surface area contributed by atoms with E-state index < -0.39 is 0 Å². The van der Waals surface area contributed by atoms with Crippen LogP contribution in [0, 0.1) is 0 Å². The van der Waals surface area contributed by atoms with Crippen molar-refractivity contribution in [1.82, 2.24) is 14.5 Å². The smallest absolute Gasteiger partial charge is 0.124 e. The first-order chi connectivity index (χ1) is 11.2. The molecule has 114 valence electrons. The molecule has 23 heavy (non-hydrogen) atoms. The van der Waals surface area contributed by atoms with Gasteiger partial charge in [-0.05, 0) is 36.4 Å². The molecule has 0 aliphatic rings. The molecule has 0 saturated heterocycles. The number of nitrogens with one attached hydrogen (secondary N) is 1. The fourth-order valence-electron chi connectivity index (χ4n) is 2.79. The Balaban J connectivity index is 1.72. The predicted molar refractivity (Wildman–Crippen MR) is 94.4 cm³/mol. The summed E-state index contributed by atoms with van der Waals surface area (Å²) in [5.74, 6) is 0.259. The molecule has 0 fully saturated rings. The normalized spacial score (nSPS) is 11.2. The van der Waals surface area contributed by atoms with Gasteiger partial charge in [-0.2, -0.15) is 0 Å². The number of imidazole rings is 1. The second kappa shape index (κ2) is 5.59. The molecule has 0 unspecified atom stereocenters. The number of aromatic nitrogens is 3. The third kappa shape index (κ3) is 2.64. The summed E-state index contributed by atoms with van der Waals surface area (Å²) in [5, 5.41) is 11.2. The minimum absolute atomic E-state index is 0.259. The lowest BCUT2D eigenvalue weighted by atomic mass is 10.1. The number of fused-ring (bicyclic) bond motifs is 1. The Kier molecular flexibility index (Phi) is 3.42. The maximum Gasteiger partial charge on any atom is 0.124 e. The van der Waals surface area contributed by atoms with Crippen LogP contribution in [0.2, 0.25) is 0 Å². The number of hydrogen-bond acceptors (Lipinski definition) is 2. The highest BCUT2D eigenvalue weighted by molar-refractivity contribution is 9.10. The highest BCUT2D eigenvalue weighted by Gasteiger charge is 2.10. The van der Waals surface area contributed by atoms with Gasteiger partial charge in [-0.1, -0.05) is 28.1 Å². The first-order valence-corrected chi connectivity index (χ1v) is 8.05. The molecule has 4 nitrogen and oxygen atoms in total. The Hall–Kier alpha value is -2.53. The zero-order valence-corrected chi connectivity index (χ0v) is 13.8. The molecule has 0 saturated carbocycles. The zero-order chi connectivity index (χ0) is 15.8. The van der Waals surface area contributed by atoms with Crippen LogP contribution >= 0.6 is 15.9 Å². The molecule has 5 heteroatoms. The summed E-state index contributed by atoms with van der Waals surface area (Å²) < 4.78 is 3.09. The summed E-state index contributed by atoms with van der Waals surface area (Å²) in [6.07, 6.45) is 3.55. The second-order valence-corrected chi connectivity index (χ2v) is 6.37. The number of hydrogen-bond donors (Lipinski definition) is 2. The molecule has 0 atom stereocenters. The summed E-state index contributed by atoms with van der Waals surface area (Å²) in [6, 6.07) is 15.6. The summed E-state index contributed by atoms with van der Waals surface area (Å²) >= 11 is 3.50. The second-order valence-electron chi connectivity index (χ2n) is 5.45. The van der Waals surface area contributed by atoms with Gasteiger partial charge in [0.25, 0.3) is 0 Å². The van der Waals surface area contributed by atoms with Gasteiger partial charge in [0.1, 0.15) is 5.75 Å². The Morgan fingerprint density at radius 1 is 1.13 bits per heavy atom. The minimum atomic E-state index is 0.259. The monoisotopic (exact) mass is 367 g/mol. The molecule has 4 rings (SSSR count). The molecule has 0 aliphatic carbocycles. The van der Waals surface area contributed by atoms with Gasteiger partial charge in [0.15, 0.2) is 0 Å². The first kappa shape index (κ1) is 14.1. The van der Waals surface area contributed by atoms with Gasteiger partial charge in [0, 0.05) is 26.6 Å². The molecule has 2 N–H and O–H groups in total. The first-order valence-electron chi connectivity index (χ1n) is 7.26. The molecule has 0 amide bonds. The third-order valence-corrected chi connectivity index (χ3v) is 4.36. The Morgan fingerprint density at radius 2 is 2.00 bits per heavy atom. The lowest BCUT2D eigenvalue weighted by Crippen LogP contribution is -2.00. The van der Waals surface area contributed by atoms with Gasteiger partial charge >= 0.3 is 0 Å². The number of halogens is 1. The number of phenolic OH excluding ortho intramolecular Hbond substituents is 1. The summed E-state index contributed by atoms with van der Waals surface area (Å²) in [7, 11) is 0. The number of nitrogens with zero attached hydrogens (tertiary/aromatic N) is 2. The van der Waals surface area contributed by atoms with Crippen LogP contribution in [-0.2, 0) is 6.54 Å². The Morgan fingerprint density at radius 3 is 2.87 bits per heavy atom. The van der Waals surface area contributed by atoms with Crippen molar-refractivity contribution >= 4 is 26.8 Å². The van der Waals surface area contributed by atoms with Crippen LogP contribution in [0.4, 0.5) is 0 Å². The lowest BCUT2D eigenvalue weighted by molar-refractivity contribution is 0.476. The molecule has 0 bridgehead atoms. The molecule has 0 spiro atoms. The van der Waals surface area contributed by atoms with Crippen molar-refractivity contribution in [3.05, 3.63) is 71.2 Å². The third-order valence-electron chi connectivity index (χ3n) is 3.87. The van der Waals surface area contributed by atoms with E-state index in [1.807, 2.05) is 28.8 Å². The molecule has 2 aromatic carbocycles. The molecular weight excluding hydrogens is 354 g/mol. The van der Waals surface area contributed by atoms with E-state index in [4.69, 9.17) is 0 Å². The van der Waals surface area contributed by atoms with Crippen LogP contribution in [0.15, 0.2) is 65.5 Å². The van der Waals surface area contributed by atoms with Crippen molar-refractivity contribution in [2.75, 3.05) is 0 Å². The van der Waals surface area contributed by atoms with Crippen LogP contribution in [0.3, 0.4) is 0 Å². The molecule has 2 aromatic heterocycles. The molecule has 4 aromatic rings. The average molecular weight is 368 g/mol. The number of phenols is 1. The average Bonchev–Trinajstić information content (AvgIpc) is 3.14. The number of H-pyrrole nitrogens is 1. The van der Waals surface area contributed by atoms with Crippen molar-refractivity contribution in [2.24, 2.45) is 0 Å². The van der Waals surface area contributed by atoms with E-state index >= 15 is 0 Å². The van der Waals surface area contributed by atoms with Crippen molar-refractivity contribution < 1.29 is 5.11 Å². The highest BCUT2D eigenvalue weighted by atomic mass is 79.9. The van der Waals surface area contributed by atoms with Crippen LogP contribution in [-0.4, -0.2) is 19.6 Å². The van der Waals surface area contributed by atoms with Crippen molar-refractivity contribution in [1.29, 1.82) is 0 Å². The van der Waals surface area contributed by atoms with Gasteiger partial charge in [0.05, 0.1) is 24.8 Å². The Bertz CT molecular complexity index is 987. The maximum absolute atomic E-state index is 10.1. The molecule has 0 radical (unpaired) electrons. The van der Waals surface area contributed by atoms with Gasteiger partial charge in [-0.3, -0.25) is 0 Å². The number of rotatable bonds is 3. The predicted octanol–water partition coefficient (Wildman–Crippen LogP) is 4.55. The van der Waals surface area contributed by atoms with E-state index in [2.05, 4.69) is 44.1 Å². The summed E-state index contributed by atoms with van der Waals surface area (Å²) in [6.45, 7) is 0.663. The zero-order valence-electron chi connectivity index (χ0n) is 12.2. The number of aromatic hydroxyl groups is 1. The topological polar surface area (TPSA) is 53.8 Å².